The van der Waals surface area contributed by atoms with Gasteiger partial charge in [-0.1, -0.05) is 50.3 Å². The minimum atomic E-state index is 0.633. The smallest absolute Gasteiger partial charge is 0.0377 e. The van der Waals surface area contributed by atoms with E-state index < -0.39 is 0 Å². The third-order valence-corrected chi connectivity index (χ3v) is 4.78. The molecule has 0 radical (unpaired) electrons. The minimum absolute atomic E-state index is 0.633. The van der Waals surface area contributed by atoms with Gasteiger partial charge in [-0.15, -0.1) is 0 Å². The topological polar surface area (TPSA) is 12.0 Å². The third kappa shape index (κ3) is 2.55. The molecule has 2 atom stereocenters. The molecule has 1 aliphatic carbocycles. The summed E-state index contributed by atoms with van der Waals surface area (Å²) in [7, 11) is 0. The summed E-state index contributed by atoms with van der Waals surface area (Å²) in [4.78, 5) is 0. The lowest BCUT2D eigenvalue weighted by molar-refractivity contribution is 0.307. The van der Waals surface area contributed by atoms with Gasteiger partial charge in [-0.3, -0.25) is 0 Å². The zero-order valence-electron chi connectivity index (χ0n) is 11.5. The number of hydrogen-bond acceptors (Lipinski definition) is 1. The molecule has 2 aliphatic rings. The van der Waals surface area contributed by atoms with E-state index in [-0.39, 0.29) is 0 Å². The number of benzene rings is 1. The van der Waals surface area contributed by atoms with E-state index in [2.05, 4.69) is 36.5 Å². The van der Waals surface area contributed by atoms with E-state index in [9.17, 15) is 0 Å². The summed E-state index contributed by atoms with van der Waals surface area (Å²) in [5.74, 6) is 1.78. The zero-order chi connectivity index (χ0) is 12.4. The fourth-order valence-corrected chi connectivity index (χ4v) is 3.91. The third-order valence-electron chi connectivity index (χ3n) is 4.78. The van der Waals surface area contributed by atoms with Gasteiger partial charge in [0.1, 0.15) is 0 Å². The van der Waals surface area contributed by atoms with Crippen molar-refractivity contribution in [2.75, 3.05) is 5.32 Å². The summed E-state index contributed by atoms with van der Waals surface area (Å²) >= 11 is 0. The Morgan fingerprint density at radius 2 is 1.89 bits per heavy atom. The highest BCUT2D eigenvalue weighted by Crippen LogP contribution is 2.40. The first kappa shape index (κ1) is 12.1. The molecule has 1 N–H and O–H groups in total. The van der Waals surface area contributed by atoms with Gasteiger partial charge in [-0.2, -0.15) is 0 Å². The van der Waals surface area contributed by atoms with Crippen LogP contribution in [0.3, 0.4) is 0 Å². The number of para-hydroxylation sites is 1. The van der Waals surface area contributed by atoms with Crippen molar-refractivity contribution in [3.63, 3.8) is 0 Å². The van der Waals surface area contributed by atoms with Crippen molar-refractivity contribution in [3.8, 4) is 0 Å². The van der Waals surface area contributed by atoms with Crippen LogP contribution >= 0.6 is 0 Å². The predicted octanol–water partition coefficient (Wildman–Crippen LogP) is 4.94. The fourth-order valence-electron chi connectivity index (χ4n) is 3.91. The second-order valence-corrected chi connectivity index (χ2v) is 6.30. The normalized spacial score (nSPS) is 28.5. The Morgan fingerprint density at radius 1 is 1.11 bits per heavy atom. The van der Waals surface area contributed by atoms with Crippen molar-refractivity contribution in [1.82, 2.24) is 0 Å². The zero-order valence-corrected chi connectivity index (χ0v) is 11.5. The van der Waals surface area contributed by atoms with Crippen molar-refractivity contribution in [2.24, 2.45) is 5.92 Å². The van der Waals surface area contributed by atoms with Crippen LogP contribution < -0.4 is 5.32 Å². The SMILES string of the molecule is CC1CC(CC2CCCCC2)c2ccccc2N1. The van der Waals surface area contributed by atoms with Crippen LogP contribution in [0.5, 0.6) is 0 Å². The Kier molecular flexibility index (Phi) is 3.58. The van der Waals surface area contributed by atoms with E-state index in [1.165, 1.54) is 50.6 Å². The Morgan fingerprint density at radius 3 is 2.72 bits per heavy atom. The van der Waals surface area contributed by atoms with E-state index in [0.717, 1.165) is 11.8 Å². The molecule has 1 fully saturated rings. The quantitative estimate of drug-likeness (QED) is 0.775. The maximum absolute atomic E-state index is 3.63. The first-order valence-corrected chi connectivity index (χ1v) is 7.68. The maximum Gasteiger partial charge on any atom is 0.0377 e. The first-order chi connectivity index (χ1) is 8.83. The molecule has 1 saturated carbocycles. The molecule has 0 bridgehead atoms. The second kappa shape index (κ2) is 5.34. The predicted molar refractivity (Wildman–Crippen MR) is 78.1 cm³/mol. The van der Waals surface area contributed by atoms with Crippen molar-refractivity contribution in [3.05, 3.63) is 29.8 Å². The van der Waals surface area contributed by atoms with Gasteiger partial charge in [0.05, 0.1) is 0 Å². The van der Waals surface area contributed by atoms with Crippen LogP contribution in [0, 0.1) is 5.92 Å². The Balaban J connectivity index is 1.75. The lowest BCUT2D eigenvalue weighted by Crippen LogP contribution is -2.26. The molecular weight excluding hydrogens is 218 g/mol. The molecule has 1 heteroatoms. The van der Waals surface area contributed by atoms with E-state index in [4.69, 9.17) is 0 Å². The fraction of sp³-hybridized carbons (Fsp3) is 0.647. The maximum atomic E-state index is 3.63. The molecule has 1 heterocycles. The highest BCUT2D eigenvalue weighted by Gasteiger charge is 2.26. The lowest BCUT2D eigenvalue weighted by atomic mass is 9.77. The number of hydrogen-bond donors (Lipinski definition) is 1. The van der Waals surface area contributed by atoms with Crippen molar-refractivity contribution in [2.45, 2.75) is 63.8 Å². The summed E-state index contributed by atoms with van der Waals surface area (Å²) in [6.07, 6.45) is 10.1. The molecule has 3 rings (SSSR count). The molecule has 1 nitrogen and oxygen atoms in total. The Bertz CT molecular complexity index is 392. The summed E-state index contributed by atoms with van der Waals surface area (Å²) in [6.45, 7) is 2.32. The Hall–Kier alpha value is -0.980. The molecule has 98 valence electrons. The molecule has 0 amide bonds. The second-order valence-electron chi connectivity index (χ2n) is 6.30. The van der Waals surface area contributed by atoms with Gasteiger partial charge in [-0.25, -0.2) is 0 Å². The van der Waals surface area contributed by atoms with Crippen molar-refractivity contribution >= 4 is 5.69 Å². The average Bonchev–Trinajstić information content (AvgIpc) is 2.40. The van der Waals surface area contributed by atoms with Gasteiger partial charge in [0.2, 0.25) is 0 Å². The molecule has 2 unspecified atom stereocenters. The van der Waals surface area contributed by atoms with Crippen LogP contribution in [0.1, 0.15) is 63.4 Å². The van der Waals surface area contributed by atoms with Crippen LogP contribution in [0.4, 0.5) is 5.69 Å². The van der Waals surface area contributed by atoms with Gasteiger partial charge >= 0.3 is 0 Å². The van der Waals surface area contributed by atoms with E-state index in [0.29, 0.717) is 6.04 Å². The lowest BCUT2D eigenvalue weighted by Gasteiger charge is -2.34. The van der Waals surface area contributed by atoms with E-state index in [1.807, 2.05) is 0 Å². The van der Waals surface area contributed by atoms with Crippen molar-refractivity contribution in [1.29, 1.82) is 0 Å². The summed E-state index contributed by atoms with van der Waals surface area (Å²) in [6, 6.07) is 9.57. The number of rotatable bonds is 2. The standard InChI is InChI=1S/C17H25N/c1-13-11-15(12-14-7-3-2-4-8-14)16-9-5-6-10-17(16)18-13/h5-6,9-10,13-15,18H,2-4,7-8,11-12H2,1H3. The summed E-state index contributed by atoms with van der Waals surface area (Å²) < 4.78 is 0. The van der Waals surface area contributed by atoms with Gasteiger partial charge in [0.15, 0.2) is 0 Å². The summed E-state index contributed by atoms with van der Waals surface area (Å²) in [5, 5.41) is 3.63. The van der Waals surface area contributed by atoms with E-state index >= 15 is 0 Å². The number of anilines is 1. The molecule has 18 heavy (non-hydrogen) atoms. The van der Waals surface area contributed by atoms with Crippen LogP contribution in [0.25, 0.3) is 0 Å². The number of fused-ring (bicyclic) bond motifs is 1. The van der Waals surface area contributed by atoms with Gasteiger partial charge < -0.3 is 5.32 Å². The molecule has 1 aromatic carbocycles. The van der Waals surface area contributed by atoms with Crippen LogP contribution in [-0.4, -0.2) is 6.04 Å². The molecule has 0 aromatic heterocycles. The average molecular weight is 243 g/mol. The van der Waals surface area contributed by atoms with Gasteiger partial charge in [-0.05, 0) is 43.2 Å². The van der Waals surface area contributed by atoms with Crippen LogP contribution in [0.2, 0.25) is 0 Å². The van der Waals surface area contributed by atoms with Crippen molar-refractivity contribution < 1.29 is 0 Å². The van der Waals surface area contributed by atoms with Crippen LogP contribution in [-0.2, 0) is 0 Å². The molecule has 1 aromatic rings. The summed E-state index contributed by atoms with van der Waals surface area (Å²) in [5.41, 5.74) is 2.96. The Labute approximate surface area is 111 Å². The minimum Gasteiger partial charge on any atom is -0.382 e. The molecule has 0 spiro atoms. The highest BCUT2D eigenvalue weighted by molar-refractivity contribution is 5.55. The monoisotopic (exact) mass is 243 g/mol. The number of nitrogens with one attached hydrogen (secondary N) is 1. The highest BCUT2D eigenvalue weighted by atomic mass is 14.9. The largest absolute Gasteiger partial charge is 0.382 e. The molecule has 0 saturated heterocycles. The molecule has 1 aliphatic heterocycles. The van der Waals surface area contributed by atoms with Gasteiger partial charge in [0.25, 0.3) is 0 Å². The van der Waals surface area contributed by atoms with Crippen LogP contribution in [0.15, 0.2) is 24.3 Å². The van der Waals surface area contributed by atoms with E-state index in [1.54, 1.807) is 5.56 Å². The first-order valence-electron chi connectivity index (χ1n) is 7.68. The van der Waals surface area contributed by atoms with Gasteiger partial charge in [0, 0.05) is 11.7 Å². The molecular formula is C17H25N.